The van der Waals surface area contributed by atoms with Crippen LogP contribution in [0.5, 0.6) is 0 Å². The van der Waals surface area contributed by atoms with Crippen molar-refractivity contribution in [3.05, 3.63) is 46.1 Å². The first kappa shape index (κ1) is 15.4. The lowest BCUT2D eigenvalue weighted by Crippen LogP contribution is -2.10. The highest BCUT2D eigenvalue weighted by Crippen LogP contribution is 2.33. The minimum atomic E-state index is -0.502. The average molecular weight is 326 g/mol. The Hall–Kier alpha value is -1.98. The molecule has 1 aromatic heterocycles. The summed E-state index contributed by atoms with van der Waals surface area (Å²) in [4.78, 5) is 15.9. The number of benzene rings is 1. The first-order chi connectivity index (χ1) is 10.0. The molecule has 2 rings (SSSR count). The first-order valence-electron chi connectivity index (χ1n) is 6.17. The quantitative estimate of drug-likeness (QED) is 0.834. The van der Waals surface area contributed by atoms with Crippen LogP contribution in [-0.2, 0) is 4.74 Å². The molecule has 3 N–H and O–H groups in total. The fourth-order valence-electron chi connectivity index (χ4n) is 1.69. The summed E-state index contributed by atoms with van der Waals surface area (Å²) in [5.41, 5.74) is 6.92. The number of nitrogens with one attached hydrogen (secondary N) is 1. The van der Waals surface area contributed by atoms with Gasteiger partial charge in [-0.15, -0.1) is 0 Å². The predicted octanol–water partition coefficient (Wildman–Crippen LogP) is 3.89. The van der Waals surface area contributed by atoms with E-state index in [4.69, 9.17) is 33.7 Å². The summed E-state index contributed by atoms with van der Waals surface area (Å²) < 4.78 is 4.94. The molecule has 0 radical (unpaired) electrons. The van der Waals surface area contributed by atoms with Gasteiger partial charge in [0, 0.05) is 6.20 Å². The number of hydrogen-bond acceptors (Lipinski definition) is 5. The molecule has 2 aromatic rings. The molecular weight excluding hydrogens is 313 g/mol. The van der Waals surface area contributed by atoms with Gasteiger partial charge in [-0.3, -0.25) is 0 Å². The average Bonchev–Trinajstić information content (AvgIpc) is 2.46. The number of rotatable bonds is 4. The van der Waals surface area contributed by atoms with E-state index in [9.17, 15) is 4.79 Å². The molecule has 7 heteroatoms. The van der Waals surface area contributed by atoms with Gasteiger partial charge in [-0.25, -0.2) is 9.78 Å². The van der Waals surface area contributed by atoms with Crippen LogP contribution >= 0.6 is 23.2 Å². The third kappa shape index (κ3) is 3.37. The Kier molecular flexibility index (Phi) is 4.88. The molecule has 1 aromatic carbocycles. The predicted molar refractivity (Wildman–Crippen MR) is 84.4 cm³/mol. The molecule has 0 saturated heterocycles. The Morgan fingerprint density at radius 1 is 1.38 bits per heavy atom. The van der Waals surface area contributed by atoms with E-state index < -0.39 is 5.97 Å². The fourth-order valence-corrected chi connectivity index (χ4v) is 2.04. The molecule has 0 aliphatic rings. The number of carbonyl (C=O) groups is 1. The molecular formula is C14H13Cl2N3O2. The van der Waals surface area contributed by atoms with Gasteiger partial charge < -0.3 is 15.8 Å². The Balaban J connectivity index is 2.35. The number of anilines is 3. The maximum Gasteiger partial charge on any atom is 0.340 e. The van der Waals surface area contributed by atoms with Gasteiger partial charge in [0.15, 0.2) is 5.82 Å². The fraction of sp³-hybridized carbons (Fsp3) is 0.143. The summed E-state index contributed by atoms with van der Waals surface area (Å²) in [6, 6.07) is 6.63. The van der Waals surface area contributed by atoms with Crippen molar-refractivity contribution in [3.8, 4) is 0 Å². The van der Waals surface area contributed by atoms with E-state index in [1.807, 2.05) is 0 Å². The van der Waals surface area contributed by atoms with E-state index in [0.29, 0.717) is 21.6 Å². The van der Waals surface area contributed by atoms with Crippen molar-refractivity contribution in [1.29, 1.82) is 0 Å². The number of hydrogen-bond donors (Lipinski definition) is 2. The second-order valence-corrected chi connectivity index (χ2v) is 4.85. The van der Waals surface area contributed by atoms with E-state index in [1.54, 1.807) is 25.1 Å². The number of nitrogen functional groups attached to an aromatic ring is 1. The highest BCUT2D eigenvalue weighted by molar-refractivity contribution is 6.43. The largest absolute Gasteiger partial charge is 0.462 e. The topological polar surface area (TPSA) is 77.2 Å². The van der Waals surface area contributed by atoms with E-state index in [-0.39, 0.29) is 17.9 Å². The standard InChI is InChI=1S/C14H13Cl2N3O2/c1-2-21-14(20)8-6-7-18-13(12(8)17)19-10-5-3-4-9(15)11(10)16/h3-7H,2,17H2,1H3,(H,18,19). The molecule has 0 spiro atoms. The van der Waals surface area contributed by atoms with Crippen LogP contribution in [0.3, 0.4) is 0 Å². The zero-order valence-electron chi connectivity index (χ0n) is 11.2. The molecule has 110 valence electrons. The monoisotopic (exact) mass is 325 g/mol. The number of pyridine rings is 1. The number of nitrogens with zero attached hydrogens (tertiary/aromatic N) is 1. The third-order valence-electron chi connectivity index (χ3n) is 2.69. The molecule has 0 aliphatic heterocycles. The lowest BCUT2D eigenvalue weighted by Gasteiger charge is -2.12. The Morgan fingerprint density at radius 2 is 2.14 bits per heavy atom. The number of aromatic nitrogens is 1. The van der Waals surface area contributed by atoms with Gasteiger partial charge >= 0.3 is 5.97 Å². The summed E-state index contributed by atoms with van der Waals surface area (Å²) in [7, 11) is 0. The molecule has 1 heterocycles. The van der Waals surface area contributed by atoms with Crippen LogP contribution in [0.25, 0.3) is 0 Å². The number of nitrogens with two attached hydrogens (primary N) is 1. The maximum absolute atomic E-state index is 11.8. The highest BCUT2D eigenvalue weighted by Gasteiger charge is 2.15. The number of ether oxygens (including phenoxy) is 1. The van der Waals surface area contributed by atoms with Crippen LogP contribution in [0, 0.1) is 0 Å². The van der Waals surface area contributed by atoms with Crippen LogP contribution in [0.15, 0.2) is 30.5 Å². The molecule has 0 saturated carbocycles. The van der Waals surface area contributed by atoms with Crippen molar-refractivity contribution >= 4 is 46.4 Å². The number of carbonyl (C=O) groups excluding carboxylic acids is 1. The zero-order valence-corrected chi connectivity index (χ0v) is 12.7. The molecule has 0 bridgehead atoms. The maximum atomic E-state index is 11.8. The van der Waals surface area contributed by atoms with Gasteiger partial charge in [0.1, 0.15) is 0 Å². The summed E-state index contributed by atoms with van der Waals surface area (Å²) in [5.74, 6) is -0.192. The summed E-state index contributed by atoms with van der Waals surface area (Å²) >= 11 is 12.0. The smallest absolute Gasteiger partial charge is 0.340 e. The molecule has 0 aliphatic carbocycles. The molecule has 0 unspecified atom stereocenters. The summed E-state index contributed by atoms with van der Waals surface area (Å²) in [5, 5.41) is 3.71. The van der Waals surface area contributed by atoms with E-state index in [0.717, 1.165) is 0 Å². The SMILES string of the molecule is CCOC(=O)c1ccnc(Nc2cccc(Cl)c2Cl)c1N. The second-order valence-electron chi connectivity index (χ2n) is 4.07. The van der Waals surface area contributed by atoms with Crippen molar-refractivity contribution in [2.45, 2.75) is 6.92 Å². The van der Waals surface area contributed by atoms with Crippen LogP contribution in [-0.4, -0.2) is 17.6 Å². The zero-order chi connectivity index (χ0) is 15.4. The second kappa shape index (κ2) is 6.65. The summed E-state index contributed by atoms with van der Waals surface area (Å²) in [6.07, 6.45) is 1.46. The van der Waals surface area contributed by atoms with Crippen molar-refractivity contribution in [1.82, 2.24) is 4.98 Å². The van der Waals surface area contributed by atoms with E-state index >= 15 is 0 Å². The van der Waals surface area contributed by atoms with Crippen LogP contribution in [0.2, 0.25) is 10.0 Å². The lowest BCUT2D eigenvalue weighted by molar-refractivity contribution is 0.0527. The summed E-state index contributed by atoms with van der Waals surface area (Å²) in [6.45, 7) is 1.99. The third-order valence-corrected chi connectivity index (χ3v) is 3.51. The van der Waals surface area contributed by atoms with Crippen molar-refractivity contribution in [3.63, 3.8) is 0 Å². The normalized spacial score (nSPS) is 10.2. The molecule has 0 amide bonds. The number of esters is 1. The van der Waals surface area contributed by atoms with Gasteiger partial charge in [-0.05, 0) is 25.1 Å². The highest BCUT2D eigenvalue weighted by atomic mass is 35.5. The number of halogens is 2. The Labute approximate surface area is 132 Å². The van der Waals surface area contributed by atoms with Crippen LogP contribution < -0.4 is 11.1 Å². The molecule has 0 fully saturated rings. The first-order valence-corrected chi connectivity index (χ1v) is 6.92. The minimum Gasteiger partial charge on any atom is -0.462 e. The van der Waals surface area contributed by atoms with Crippen LogP contribution in [0.1, 0.15) is 17.3 Å². The van der Waals surface area contributed by atoms with Gasteiger partial charge in [0.25, 0.3) is 0 Å². The molecule has 5 nitrogen and oxygen atoms in total. The van der Waals surface area contributed by atoms with E-state index in [2.05, 4.69) is 10.3 Å². The van der Waals surface area contributed by atoms with Gasteiger partial charge in [0.2, 0.25) is 0 Å². The van der Waals surface area contributed by atoms with Gasteiger partial charge in [-0.1, -0.05) is 29.3 Å². The Bertz CT molecular complexity index is 677. The van der Waals surface area contributed by atoms with Crippen LogP contribution in [0.4, 0.5) is 17.2 Å². The Morgan fingerprint density at radius 3 is 2.86 bits per heavy atom. The minimum absolute atomic E-state index is 0.187. The van der Waals surface area contributed by atoms with Gasteiger partial charge in [-0.2, -0.15) is 0 Å². The van der Waals surface area contributed by atoms with Crippen molar-refractivity contribution in [2.75, 3.05) is 17.7 Å². The van der Waals surface area contributed by atoms with E-state index in [1.165, 1.54) is 12.3 Å². The molecule has 21 heavy (non-hydrogen) atoms. The molecule has 0 atom stereocenters. The van der Waals surface area contributed by atoms with Crippen molar-refractivity contribution in [2.24, 2.45) is 0 Å². The van der Waals surface area contributed by atoms with Gasteiger partial charge in [0.05, 0.1) is 33.6 Å². The lowest BCUT2D eigenvalue weighted by atomic mass is 10.2. The van der Waals surface area contributed by atoms with Crippen molar-refractivity contribution < 1.29 is 9.53 Å².